The minimum Gasteiger partial charge on any atom is -0.444 e. The molecule has 104 valence electrons. The van der Waals surface area contributed by atoms with E-state index in [0.717, 1.165) is 29.4 Å². The fourth-order valence-electron chi connectivity index (χ4n) is 2.13. The van der Waals surface area contributed by atoms with Crippen LogP contribution in [-0.2, 0) is 10.3 Å². The second-order valence-electron chi connectivity index (χ2n) is 5.92. The Morgan fingerprint density at radius 3 is 2.53 bits per heavy atom. The van der Waals surface area contributed by atoms with Crippen molar-refractivity contribution in [1.82, 2.24) is 10.3 Å². The number of halogens is 1. The minimum absolute atomic E-state index is 0.358. The van der Waals surface area contributed by atoms with E-state index in [1.807, 2.05) is 32.9 Å². The highest BCUT2D eigenvalue weighted by atomic mass is 79.9. The SMILES string of the molecule is CC(C)(C)OC(=O)NC1(c2ccc(Br)cn2)CCC1. The predicted molar refractivity (Wildman–Crippen MR) is 76.8 cm³/mol. The molecule has 0 spiro atoms. The van der Waals surface area contributed by atoms with Crippen molar-refractivity contribution in [3.8, 4) is 0 Å². The lowest BCUT2D eigenvalue weighted by molar-refractivity contribution is 0.0371. The summed E-state index contributed by atoms with van der Waals surface area (Å²) in [4.78, 5) is 16.3. The number of ether oxygens (including phenoxy) is 1. The Hall–Kier alpha value is -1.10. The molecule has 1 fully saturated rings. The zero-order valence-electron chi connectivity index (χ0n) is 11.5. The van der Waals surface area contributed by atoms with Gasteiger partial charge in [-0.25, -0.2) is 4.79 Å². The Morgan fingerprint density at radius 2 is 2.11 bits per heavy atom. The average Bonchev–Trinajstić information content (AvgIpc) is 2.22. The third-order valence-corrected chi connectivity index (χ3v) is 3.63. The van der Waals surface area contributed by atoms with Crippen molar-refractivity contribution in [2.75, 3.05) is 0 Å². The molecule has 19 heavy (non-hydrogen) atoms. The fourth-order valence-corrected chi connectivity index (χ4v) is 2.37. The van der Waals surface area contributed by atoms with E-state index in [2.05, 4.69) is 26.2 Å². The van der Waals surface area contributed by atoms with Gasteiger partial charge in [-0.3, -0.25) is 4.98 Å². The average molecular weight is 327 g/mol. The summed E-state index contributed by atoms with van der Waals surface area (Å²) in [5, 5.41) is 2.98. The lowest BCUT2D eigenvalue weighted by atomic mass is 9.74. The summed E-state index contributed by atoms with van der Waals surface area (Å²) in [6.07, 6.45) is 4.28. The van der Waals surface area contributed by atoms with Gasteiger partial charge in [0.2, 0.25) is 0 Å². The van der Waals surface area contributed by atoms with Gasteiger partial charge >= 0.3 is 6.09 Å². The first-order chi connectivity index (χ1) is 8.81. The fraction of sp³-hybridized carbons (Fsp3) is 0.571. The molecular weight excluding hydrogens is 308 g/mol. The van der Waals surface area contributed by atoms with Gasteiger partial charge < -0.3 is 10.1 Å². The van der Waals surface area contributed by atoms with Gasteiger partial charge in [-0.15, -0.1) is 0 Å². The zero-order valence-corrected chi connectivity index (χ0v) is 13.1. The Kier molecular flexibility index (Phi) is 3.85. The van der Waals surface area contributed by atoms with Gasteiger partial charge in [0.1, 0.15) is 5.60 Å². The lowest BCUT2D eigenvalue weighted by Crippen LogP contribution is -2.52. The molecule has 0 radical (unpaired) electrons. The maximum atomic E-state index is 11.9. The number of carbonyl (C=O) groups excluding carboxylic acids is 1. The summed E-state index contributed by atoms with van der Waals surface area (Å²) in [6.45, 7) is 5.58. The van der Waals surface area contributed by atoms with Crippen molar-refractivity contribution in [1.29, 1.82) is 0 Å². The standard InChI is InChI=1S/C14H19BrN2O2/c1-13(2,3)19-12(18)17-14(7-4-8-14)11-6-5-10(15)9-16-11/h5-6,9H,4,7-8H2,1-3H3,(H,17,18). The van der Waals surface area contributed by atoms with Crippen LogP contribution in [0.1, 0.15) is 45.7 Å². The molecule has 0 atom stereocenters. The first kappa shape index (κ1) is 14.3. The van der Waals surface area contributed by atoms with Crippen molar-refractivity contribution in [3.05, 3.63) is 28.5 Å². The van der Waals surface area contributed by atoms with Gasteiger partial charge in [-0.2, -0.15) is 0 Å². The van der Waals surface area contributed by atoms with Crippen LogP contribution in [-0.4, -0.2) is 16.7 Å². The number of carbonyl (C=O) groups is 1. The minimum atomic E-state index is -0.484. The Balaban J connectivity index is 2.11. The third-order valence-electron chi connectivity index (χ3n) is 3.17. The number of nitrogens with zero attached hydrogens (tertiary/aromatic N) is 1. The van der Waals surface area contributed by atoms with Crippen molar-refractivity contribution in [2.24, 2.45) is 0 Å². The zero-order chi connectivity index (χ0) is 14.1. The van der Waals surface area contributed by atoms with Crippen LogP contribution in [0.3, 0.4) is 0 Å². The topological polar surface area (TPSA) is 51.2 Å². The monoisotopic (exact) mass is 326 g/mol. The second-order valence-corrected chi connectivity index (χ2v) is 6.84. The highest BCUT2D eigenvalue weighted by Crippen LogP contribution is 2.40. The molecule has 0 aromatic carbocycles. The van der Waals surface area contributed by atoms with Gasteiger partial charge in [-0.1, -0.05) is 0 Å². The largest absolute Gasteiger partial charge is 0.444 e. The van der Waals surface area contributed by atoms with Crippen LogP contribution >= 0.6 is 15.9 Å². The molecule has 1 aliphatic carbocycles. The first-order valence-corrected chi connectivity index (χ1v) is 7.23. The maximum absolute atomic E-state index is 11.9. The maximum Gasteiger partial charge on any atom is 0.408 e. The molecule has 1 heterocycles. The number of nitrogens with one attached hydrogen (secondary N) is 1. The number of amides is 1. The molecular formula is C14H19BrN2O2. The summed E-state index contributed by atoms with van der Waals surface area (Å²) in [5.74, 6) is 0. The van der Waals surface area contributed by atoms with Gasteiger partial charge in [0.25, 0.3) is 0 Å². The second kappa shape index (κ2) is 5.12. The van der Waals surface area contributed by atoms with Crippen LogP contribution in [0.25, 0.3) is 0 Å². The smallest absolute Gasteiger partial charge is 0.408 e. The van der Waals surface area contributed by atoms with E-state index in [1.54, 1.807) is 6.20 Å². The van der Waals surface area contributed by atoms with Crippen molar-refractivity contribution in [3.63, 3.8) is 0 Å². The normalized spacial score (nSPS) is 17.5. The van der Waals surface area contributed by atoms with Gasteiger partial charge in [0, 0.05) is 10.7 Å². The number of hydrogen-bond donors (Lipinski definition) is 1. The van der Waals surface area contributed by atoms with Gasteiger partial charge in [0.15, 0.2) is 0 Å². The summed E-state index contributed by atoms with van der Waals surface area (Å²) in [5.41, 5.74) is 0.0541. The van der Waals surface area contributed by atoms with E-state index in [9.17, 15) is 4.79 Å². The molecule has 0 saturated heterocycles. The molecule has 1 aromatic heterocycles. The van der Waals surface area contributed by atoms with E-state index in [-0.39, 0.29) is 11.6 Å². The summed E-state index contributed by atoms with van der Waals surface area (Å²) >= 11 is 3.37. The Morgan fingerprint density at radius 1 is 1.42 bits per heavy atom. The van der Waals surface area contributed by atoms with E-state index in [4.69, 9.17) is 4.74 Å². The molecule has 1 amide bonds. The van der Waals surface area contributed by atoms with Crippen molar-refractivity contribution >= 4 is 22.0 Å². The van der Waals surface area contributed by atoms with Crippen LogP contribution < -0.4 is 5.32 Å². The lowest BCUT2D eigenvalue weighted by Gasteiger charge is -2.42. The van der Waals surface area contributed by atoms with Gasteiger partial charge in [0.05, 0.1) is 11.2 Å². The molecule has 1 saturated carbocycles. The predicted octanol–water partition coefficient (Wildman–Crippen LogP) is 3.75. The number of alkyl carbamates (subject to hydrolysis) is 1. The van der Waals surface area contributed by atoms with Crippen molar-refractivity contribution in [2.45, 2.75) is 51.2 Å². The number of rotatable bonds is 2. The van der Waals surface area contributed by atoms with E-state index < -0.39 is 5.60 Å². The van der Waals surface area contributed by atoms with Crippen LogP contribution in [0.5, 0.6) is 0 Å². The number of hydrogen-bond acceptors (Lipinski definition) is 3. The van der Waals surface area contributed by atoms with Crippen LogP contribution in [0, 0.1) is 0 Å². The third kappa shape index (κ3) is 3.47. The summed E-state index contributed by atoms with van der Waals surface area (Å²) in [6, 6.07) is 3.89. The highest BCUT2D eigenvalue weighted by molar-refractivity contribution is 9.10. The molecule has 1 aliphatic rings. The molecule has 0 unspecified atom stereocenters. The molecule has 0 aliphatic heterocycles. The quantitative estimate of drug-likeness (QED) is 0.900. The highest BCUT2D eigenvalue weighted by Gasteiger charge is 2.42. The summed E-state index contributed by atoms with van der Waals surface area (Å²) in [7, 11) is 0. The molecule has 1 aromatic rings. The molecule has 1 N–H and O–H groups in total. The molecule has 0 bridgehead atoms. The van der Waals surface area contributed by atoms with E-state index >= 15 is 0 Å². The van der Waals surface area contributed by atoms with Crippen LogP contribution in [0.2, 0.25) is 0 Å². The van der Waals surface area contributed by atoms with E-state index in [1.165, 1.54) is 0 Å². The first-order valence-electron chi connectivity index (χ1n) is 6.44. The van der Waals surface area contributed by atoms with E-state index in [0.29, 0.717) is 0 Å². The summed E-state index contributed by atoms with van der Waals surface area (Å²) < 4.78 is 6.26. The van der Waals surface area contributed by atoms with Crippen LogP contribution in [0.4, 0.5) is 4.79 Å². The Bertz CT molecular complexity index is 461. The van der Waals surface area contributed by atoms with Crippen molar-refractivity contribution < 1.29 is 9.53 Å². The molecule has 2 rings (SSSR count). The molecule has 4 nitrogen and oxygen atoms in total. The van der Waals surface area contributed by atoms with Crippen LogP contribution in [0.15, 0.2) is 22.8 Å². The van der Waals surface area contributed by atoms with Gasteiger partial charge in [-0.05, 0) is 68.1 Å². The number of pyridine rings is 1. The number of aromatic nitrogens is 1. The Labute approximate surface area is 122 Å². The molecule has 5 heteroatoms.